The molecule has 2 aromatic carbocycles. The molecule has 6 heteroatoms. The van der Waals surface area contributed by atoms with Crippen molar-refractivity contribution in [3.05, 3.63) is 78.4 Å². The Morgan fingerprint density at radius 2 is 1.88 bits per heavy atom. The first-order chi connectivity index (χ1) is 12.1. The van der Waals surface area contributed by atoms with E-state index in [-0.39, 0.29) is 18.3 Å². The minimum Gasteiger partial charge on any atom is -0.489 e. The lowest BCUT2D eigenvalue weighted by Gasteiger charge is -2.16. The summed E-state index contributed by atoms with van der Waals surface area (Å²) in [5, 5.41) is 4.22. The second kappa shape index (κ2) is 7.61. The number of rotatable bonds is 6. The van der Waals surface area contributed by atoms with Gasteiger partial charge < -0.3 is 9.64 Å². The molecule has 25 heavy (non-hydrogen) atoms. The molecule has 0 aliphatic rings. The predicted octanol–water partition coefficient (Wildman–Crippen LogP) is 3.16. The number of hydrogen-bond donors (Lipinski definition) is 0. The predicted molar refractivity (Wildman–Crippen MR) is 92.4 cm³/mol. The number of amides is 1. The minimum atomic E-state index is -0.416. The fourth-order valence-electron chi connectivity index (χ4n) is 2.33. The quantitative estimate of drug-likeness (QED) is 0.693. The first-order valence-corrected chi connectivity index (χ1v) is 7.88. The number of hydrogen-bond acceptors (Lipinski definition) is 3. The summed E-state index contributed by atoms with van der Waals surface area (Å²) in [5.41, 5.74) is 1.37. The van der Waals surface area contributed by atoms with E-state index in [2.05, 4.69) is 5.10 Å². The maximum Gasteiger partial charge on any atom is 0.256 e. The Balaban J connectivity index is 1.57. The molecule has 0 radical (unpaired) electrons. The average molecular weight is 339 g/mol. The van der Waals surface area contributed by atoms with Gasteiger partial charge in [0.1, 0.15) is 6.61 Å². The lowest BCUT2D eigenvalue weighted by atomic mass is 10.3. The first kappa shape index (κ1) is 16.7. The zero-order valence-corrected chi connectivity index (χ0v) is 13.8. The molecule has 0 aliphatic heterocycles. The molecular formula is C19H18FN3O2. The lowest BCUT2D eigenvalue weighted by Crippen LogP contribution is -2.30. The van der Waals surface area contributed by atoms with Gasteiger partial charge in [0.2, 0.25) is 0 Å². The highest BCUT2D eigenvalue weighted by Crippen LogP contribution is 2.15. The summed E-state index contributed by atoms with van der Waals surface area (Å²) in [4.78, 5) is 14.0. The van der Waals surface area contributed by atoms with Crippen molar-refractivity contribution in [1.82, 2.24) is 14.7 Å². The molecule has 0 saturated carbocycles. The highest BCUT2D eigenvalue weighted by Gasteiger charge is 2.14. The molecule has 1 amide bonds. The minimum absolute atomic E-state index is 0.167. The van der Waals surface area contributed by atoms with Crippen molar-refractivity contribution in [2.75, 3.05) is 20.2 Å². The number of para-hydroxylation sites is 2. The molecule has 5 nitrogen and oxygen atoms in total. The summed E-state index contributed by atoms with van der Waals surface area (Å²) < 4.78 is 20.5. The SMILES string of the molecule is CN(CCOc1ccccc1F)C(=O)c1cnn(-c2ccccc2)c1. The van der Waals surface area contributed by atoms with E-state index < -0.39 is 5.82 Å². The van der Waals surface area contributed by atoms with E-state index in [1.165, 1.54) is 17.2 Å². The van der Waals surface area contributed by atoms with Crippen molar-refractivity contribution in [3.8, 4) is 11.4 Å². The lowest BCUT2D eigenvalue weighted by molar-refractivity contribution is 0.0773. The summed E-state index contributed by atoms with van der Waals surface area (Å²) in [5.74, 6) is -0.403. The molecule has 0 unspecified atom stereocenters. The van der Waals surface area contributed by atoms with Gasteiger partial charge in [0.05, 0.1) is 24.0 Å². The van der Waals surface area contributed by atoms with Crippen LogP contribution in [0, 0.1) is 5.82 Å². The Labute approximate surface area is 145 Å². The number of aromatic nitrogens is 2. The normalized spacial score (nSPS) is 10.5. The summed E-state index contributed by atoms with van der Waals surface area (Å²) in [7, 11) is 1.67. The van der Waals surface area contributed by atoms with E-state index >= 15 is 0 Å². The summed E-state index contributed by atoms with van der Waals surface area (Å²) >= 11 is 0. The van der Waals surface area contributed by atoms with Crippen LogP contribution in [0.2, 0.25) is 0 Å². The van der Waals surface area contributed by atoms with E-state index in [0.717, 1.165) is 5.69 Å². The van der Waals surface area contributed by atoms with Gasteiger partial charge in [-0.2, -0.15) is 5.10 Å². The molecule has 3 aromatic rings. The van der Waals surface area contributed by atoms with Gasteiger partial charge in [0, 0.05) is 13.2 Å². The molecule has 0 spiro atoms. The fraction of sp³-hybridized carbons (Fsp3) is 0.158. The van der Waals surface area contributed by atoms with Gasteiger partial charge in [-0.05, 0) is 24.3 Å². The molecular weight excluding hydrogens is 321 g/mol. The smallest absolute Gasteiger partial charge is 0.256 e. The van der Waals surface area contributed by atoms with E-state index in [0.29, 0.717) is 12.1 Å². The van der Waals surface area contributed by atoms with E-state index in [9.17, 15) is 9.18 Å². The van der Waals surface area contributed by atoms with Crippen molar-refractivity contribution < 1.29 is 13.9 Å². The van der Waals surface area contributed by atoms with E-state index in [4.69, 9.17) is 4.74 Å². The van der Waals surface area contributed by atoms with Crippen LogP contribution in [0.3, 0.4) is 0 Å². The number of ether oxygens (including phenoxy) is 1. The monoisotopic (exact) mass is 339 g/mol. The fourth-order valence-corrected chi connectivity index (χ4v) is 2.33. The molecule has 3 rings (SSSR count). The van der Waals surface area contributed by atoms with Gasteiger partial charge in [-0.3, -0.25) is 4.79 Å². The first-order valence-electron chi connectivity index (χ1n) is 7.88. The highest BCUT2D eigenvalue weighted by molar-refractivity contribution is 5.93. The van der Waals surface area contributed by atoms with Crippen molar-refractivity contribution in [3.63, 3.8) is 0 Å². The second-order valence-electron chi connectivity index (χ2n) is 5.51. The van der Waals surface area contributed by atoms with Gasteiger partial charge >= 0.3 is 0 Å². The van der Waals surface area contributed by atoms with Crippen molar-refractivity contribution >= 4 is 5.91 Å². The van der Waals surface area contributed by atoms with Crippen molar-refractivity contribution in [2.45, 2.75) is 0 Å². The third kappa shape index (κ3) is 4.03. The Hall–Kier alpha value is -3.15. The number of benzene rings is 2. The molecule has 0 fully saturated rings. The topological polar surface area (TPSA) is 47.4 Å². The van der Waals surface area contributed by atoms with Crippen LogP contribution in [-0.4, -0.2) is 40.8 Å². The van der Waals surface area contributed by atoms with Gasteiger partial charge in [-0.15, -0.1) is 0 Å². The van der Waals surface area contributed by atoms with Crippen LogP contribution in [0.4, 0.5) is 4.39 Å². The van der Waals surface area contributed by atoms with Crippen LogP contribution in [0.25, 0.3) is 5.69 Å². The highest BCUT2D eigenvalue weighted by atomic mass is 19.1. The van der Waals surface area contributed by atoms with Gasteiger partial charge in [0.15, 0.2) is 11.6 Å². The number of carbonyl (C=O) groups is 1. The number of carbonyl (C=O) groups excluding carboxylic acids is 1. The Morgan fingerprint density at radius 3 is 2.64 bits per heavy atom. The number of halogens is 1. The second-order valence-corrected chi connectivity index (χ2v) is 5.51. The number of nitrogens with zero attached hydrogens (tertiary/aromatic N) is 3. The van der Waals surface area contributed by atoms with E-state index in [1.807, 2.05) is 30.3 Å². The zero-order valence-electron chi connectivity index (χ0n) is 13.8. The number of likely N-dealkylation sites (N-methyl/N-ethyl adjacent to an activating group) is 1. The standard InChI is InChI=1S/C19H18FN3O2/c1-22(11-12-25-18-10-6-5-9-17(18)20)19(24)15-13-21-23(14-15)16-7-3-2-4-8-16/h2-10,13-14H,11-12H2,1H3. The summed E-state index contributed by atoms with van der Waals surface area (Å²) in [6.07, 6.45) is 3.22. The molecule has 0 aliphatic carbocycles. The maximum absolute atomic E-state index is 13.5. The molecule has 1 heterocycles. The van der Waals surface area contributed by atoms with Crippen LogP contribution in [0.1, 0.15) is 10.4 Å². The van der Waals surface area contributed by atoms with Crippen LogP contribution >= 0.6 is 0 Å². The molecule has 0 atom stereocenters. The van der Waals surface area contributed by atoms with Crippen LogP contribution in [0.15, 0.2) is 67.0 Å². The Morgan fingerprint density at radius 1 is 1.16 bits per heavy atom. The average Bonchev–Trinajstić information content (AvgIpc) is 3.13. The van der Waals surface area contributed by atoms with Crippen LogP contribution < -0.4 is 4.74 Å². The van der Waals surface area contributed by atoms with Gasteiger partial charge in [-0.1, -0.05) is 30.3 Å². The van der Waals surface area contributed by atoms with Gasteiger partial charge in [-0.25, -0.2) is 9.07 Å². The summed E-state index contributed by atoms with van der Waals surface area (Å²) in [6.45, 7) is 0.541. The van der Waals surface area contributed by atoms with Crippen LogP contribution in [0.5, 0.6) is 5.75 Å². The van der Waals surface area contributed by atoms with Crippen molar-refractivity contribution in [2.24, 2.45) is 0 Å². The Kier molecular flexibility index (Phi) is 5.09. The third-order valence-electron chi connectivity index (χ3n) is 3.72. The molecule has 0 N–H and O–H groups in total. The van der Waals surface area contributed by atoms with E-state index in [1.54, 1.807) is 36.1 Å². The van der Waals surface area contributed by atoms with Crippen molar-refractivity contribution in [1.29, 1.82) is 0 Å². The zero-order chi connectivity index (χ0) is 17.6. The van der Waals surface area contributed by atoms with Crippen LogP contribution in [-0.2, 0) is 0 Å². The molecule has 1 aromatic heterocycles. The maximum atomic E-state index is 13.5. The summed E-state index contributed by atoms with van der Waals surface area (Å²) in [6, 6.07) is 15.7. The Bertz CT molecular complexity index is 849. The molecule has 128 valence electrons. The van der Waals surface area contributed by atoms with Gasteiger partial charge in [0.25, 0.3) is 5.91 Å². The molecule has 0 saturated heterocycles. The molecule has 0 bridgehead atoms. The third-order valence-corrected chi connectivity index (χ3v) is 3.72. The largest absolute Gasteiger partial charge is 0.489 e.